The fraction of sp³-hybridized carbons (Fsp3) is 0.533. The molecule has 0 aliphatic carbocycles. The fourth-order valence-corrected chi connectivity index (χ4v) is 2.42. The lowest BCUT2D eigenvalue weighted by Gasteiger charge is -2.27. The van der Waals surface area contributed by atoms with Gasteiger partial charge >= 0.3 is 0 Å². The summed E-state index contributed by atoms with van der Waals surface area (Å²) < 4.78 is 0. The highest BCUT2D eigenvalue weighted by Crippen LogP contribution is 2.30. The monoisotopic (exact) mass is 297 g/mol. The summed E-state index contributed by atoms with van der Waals surface area (Å²) in [6.07, 6.45) is 0.961. The molecular formula is C15H24ClN3O. The SMILES string of the molecule is CCCN(CC(=O)NC)c1c(Cl)cccc1CNCC. The summed E-state index contributed by atoms with van der Waals surface area (Å²) in [6, 6.07) is 5.87. The first-order valence-corrected chi connectivity index (χ1v) is 7.45. The predicted molar refractivity (Wildman–Crippen MR) is 85.4 cm³/mol. The standard InChI is InChI=1S/C15H24ClN3O/c1-4-9-19(11-14(20)17-3)15-12(10-18-5-2)7-6-8-13(15)16/h6-8,18H,4-5,9-11H2,1-3H3,(H,17,20). The number of rotatable bonds is 8. The third-order valence-electron chi connectivity index (χ3n) is 3.06. The van der Waals surface area contributed by atoms with E-state index in [-0.39, 0.29) is 5.91 Å². The molecule has 0 unspecified atom stereocenters. The van der Waals surface area contributed by atoms with Crippen LogP contribution in [0.2, 0.25) is 5.02 Å². The quantitative estimate of drug-likeness (QED) is 0.774. The lowest BCUT2D eigenvalue weighted by Crippen LogP contribution is -2.37. The summed E-state index contributed by atoms with van der Waals surface area (Å²) >= 11 is 6.36. The molecule has 0 aromatic heterocycles. The van der Waals surface area contributed by atoms with Crippen molar-refractivity contribution in [3.05, 3.63) is 28.8 Å². The normalized spacial score (nSPS) is 10.4. The van der Waals surface area contributed by atoms with E-state index < -0.39 is 0 Å². The molecule has 112 valence electrons. The predicted octanol–water partition coefficient (Wildman–Crippen LogP) is 2.41. The van der Waals surface area contributed by atoms with Crippen LogP contribution in [-0.4, -0.2) is 32.6 Å². The van der Waals surface area contributed by atoms with Crippen LogP contribution in [0.5, 0.6) is 0 Å². The van der Waals surface area contributed by atoms with E-state index in [0.29, 0.717) is 11.6 Å². The molecule has 1 aromatic rings. The van der Waals surface area contributed by atoms with Gasteiger partial charge in [0, 0.05) is 20.1 Å². The Kier molecular flexibility index (Phi) is 7.41. The van der Waals surface area contributed by atoms with Crippen molar-refractivity contribution < 1.29 is 4.79 Å². The van der Waals surface area contributed by atoms with Crippen molar-refractivity contribution in [1.29, 1.82) is 0 Å². The van der Waals surface area contributed by atoms with E-state index in [2.05, 4.69) is 30.5 Å². The highest BCUT2D eigenvalue weighted by molar-refractivity contribution is 6.33. The van der Waals surface area contributed by atoms with Crippen LogP contribution < -0.4 is 15.5 Å². The number of halogens is 1. The minimum atomic E-state index is -0.00669. The van der Waals surface area contributed by atoms with Gasteiger partial charge in [0.05, 0.1) is 17.3 Å². The van der Waals surface area contributed by atoms with Crippen LogP contribution in [0.3, 0.4) is 0 Å². The lowest BCUT2D eigenvalue weighted by atomic mass is 10.1. The van der Waals surface area contributed by atoms with Gasteiger partial charge in [0.15, 0.2) is 0 Å². The molecule has 1 aromatic carbocycles. The average molecular weight is 298 g/mol. The molecule has 20 heavy (non-hydrogen) atoms. The molecule has 0 spiro atoms. The zero-order valence-electron chi connectivity index (χ0n) is 12.5. The average Bonchev–Trinajstić information content (AvgIpc) is 2.44. The number of benzene rings is 1. The highest BCUT2D eigenvalue weighted by atomic mass is 35.5. The summed E-state index contributed by atoms with van der Waals surface area (Å²) in [6.45, 7) is 6.94. The smallest absolute Gasteiger partial charge is 0.239 e. The molecule has 1 amide bonds. The maximum atomic E-state index is 11.7. The summed E-state index contributed by atoms with van der Waals surface area (Å²) in [4.78, 5) is 13.7. The number of likely N-dealkylation sites (N-methyl/N-ethyl adjacent to an activating group) is 1. The van der Waals surface area contributed by atoms with Crippen LogP contribution in [0.25, 0.3) is 0 Å². The van der Waals surface area contributed by atoms with Crippen LogP contribution >= 0.6 is 11.6 Å². The van der Waals surface area contributed by atoms with Gasteiger partial charge in [-0.3, -0.25) is 4.79 Å². The third kappa shape index (κ3) is 4.69. The second kappa shape index (κ2) is 8.82. The number of hydrogen-bond donors (Lipinski definition) is 2. The Labute approximate surface area is 126 Å². The van der Waals surface area contributed by atoms with Crippen molar-refractivity contribution in [3.8, 4) is 0 Å². The molecule has 0 aliphatic rings. The number of hydrogen-bond acceptors (Lipinski definition) is 3. The molecule has 0 heterocycles. The van der Waals surface area contributed by atoms with Crippen LogP contribution in [0.4, 0.5) is 5.69 Å². The number of carbonyl (C=O) groups is 1. The minimum Gasteiger partial charge on any atom is -0.361 e. The second-order valence-electron chi connectivity index (χ2n) is 4.62. The van der Waals surface area contributed by atoms with Gasteiger partial charge in [-0.1, -0.05) is 37.6 Å². The zero-order chi connectivity index (χ0) is 15.0. The molecule has 4 nitrogen and oxygen atoms in total. The second-order valence-corrected chi connectivity index (χ2v) is 5.03. The summed E-state index contributed by atoms with van der Waals surface area (Å²) in [5, 5.41) is 6.67. The van der Waals surface area contributed by atoms with E-state index in [0.717, 1.165) is 37.3 Å². The van der Waals surface area contributed by atoms with Crippen LogP contribution in [0.1, 0.15) is 25.8 Å². The molecule has 0 aliphatic heterocycles. The third-order valence-corrected chi connectivity index (χ3v) is 3.36. The first-order chi connectivity index (χ1) is 9.63. The Bertz CT molecular complexity index is 437. The topological polar surface area (TPSA) is 44.4 Å². The lowest BCUT2D eigenvalue weighted by molar-refractivity contribution is -0.119. The Morgan fingerprint density at radius 2 is 2.10 bits per heavy atom. The van der Waals surface area contributed by atoms with Gasteiger partial charge < -0.3 is 15.5 Å². The number of anilines is 1. The van der Waals surface area contributed by atoms with Gasteiger partial charge in [-0.05, 0) is 24.6 Å². The van der Waals surface area contributed by atoms with Crippen molar-refractivity contribution in [2.24, 2.45) is 0 Å². The summed E-state index contributed by atoms with van der Waals surface area (Å²) in [5.41, 5.74) is 2.08. The van der Waals surface area contributed by atoms with Crippen molar-refractivity contribution >= 4 is 23.2 Å². The summed E-state index contributed by atoms with van der Waals surface area (Å²) in [7, 11) is 1.65. The molecule has 0 radical (unpaired) electrons. The van der Waals surface area contributed by atoms with Gasteiger partial charge in [-0.2, -0.15) is 0 Å². The Morgan fingerprint density at radius 1 is 1.35 bits per heavy atom. The molecule has 1 rings (SSSR count). The zero-order valence-corrected chi connectivity index (χ0v) is 13.3. The van der Waals surface area contributed by atoms with Gasteiger partial charge in [0.25, 0.3) is 0 Å². The molecule has 0 saturated heterocycles. The highest BCUT2D eigenvalue weighted by Gasteiger charge is 2.16. The van der Waals surface area contributed by atoms with E-state index >= 15 is 0 Å². The number of nitrogens with zero attached hydrogens (tertiary/aromatic N) is 1. The minimum absolute atomic E-state index is 0.00669. The first kappa shape index (κ1) is 16.8. The molecule has 0 atom stereocenters. The number of nitrogens with one attached hydrogen (secondary N) is 2. The van der Waals surface area contributed by atoms with Crippen molar-refractivity contribution in [1.82, 2.24) is 10.6 Å². The van der Waals surface area contributed by atoms with E-state index in [9.17, 15) is 4.79 Å². The molecule has 5 heteroatoms. The molecule has 0 bridgehead atoms. The van der Waals surface area contributed by atoms with Crippen molar-refractivity contribution in [2.45, 2.75) is 26.8 Å². The molecular weight excluding hydrogens is 274 g/mol. The maximum Gasteiger partial charge on any atom is 0.239 e. The van der Waals surface area contributed by atoms with Crippen LogP contribution in [0.15, 0.2) is 18.2 Å². The van der Waals surface area contributed by atoms with Crippen molar-refractivity contribution in [2.75, 3.05) is 31.6 Å². The summed E-state index contributed by atoms with van der Waals surface area (Å²) in [5.74, 6) is -0.00669. The fourth-order valence-electron chi connectivity index (χ4n) is 2.11. The van der Waals surface area contributed by atoms with E-state index in [1.165, 1.54) is 0 Å². The number of para-hydroxylation sites is 1. The maximum absolute atomic E-state index is 11.7. The molecule has 2 N–H and O–H groups in total. The Morgan fingerprint density at radius 3 is 2.70 bits per heavy atom. The van der Waals surface area contributed by atoms with Gasteiger partial charge in [0.2, 0.25) is 5.91 Å². The van der Waals surface area contributed by atoms with Crippen LogP contribution in [-0.2, 0) is 11.3 Å². The van der Waals surface area contributed by atoms with Gasteiger partial charge in [-0.25, -0.2) is 0 Å². The largest absolute Gasteiger partial charge is 0.361 e. The number of carbonyl (C=O) groups excluding carboxylic acids is 1. The van der Waals surface area contributed by atoms with E-state index in [4.69, 9.17) is 11.6 Å². The van der Waals surface area contributed by atoms with Gasteiger partial charge in [-0.15, -0.1) is 0 Å². The number of amides is 1. The van der Waals surface area contributed by atoms with Crippen molar-refractivity contribution in [3.63, 3.8) is 0 Å². The Hall–Kier alpha value is -1.26. The molecule has 0 fully saturated rings. The van der Waals surface area contributed by atoms with E-state index in [1.54, 1.807) is 7.05 Å². The molecule has 0 saturated carbocycles. The Balaban J connectivity index is 3.06. The van der Waals surface area contributed by atoms with E-state index in [1.807, 2.05) is 17.0 Å². The van der Waals surface area contributed by atoms with Crippen LogP contribution in [0, 0.1) is 0 Å². The van der Waals surface area contributed by atoms with Gasteiger partial charge in [0.1, 0.15) is 0 Å². The first-order valence-electron chi connectivity index (χ1n) is 7.07.